The predicted molar refractivity (Wildman–Crippen MR) is 157 cm³/mol. The number of aliphatic hydroxyl groups is 12. The molecular formula is C28H48N2O21. The van der Waals surface area contributed by atoms with Gasteiger partial charge in [0.2, 0.25) is 11.8 Å². The number of nitrogens with one attached hydrogen (secondary N) is 2. The summed E-state index contributed by atoms with van der Waals surface area (Å²) in [4.78, 5) is 24.0. The van der Waals surface area contributed by atoms with E-state index in [1.165, 1.54) is 0 Å². The van der Waals surface area contributed by atoms with E-state index in [9.17, 15) is 70.9 Å². The van der Waals surface area contributed by atoms with Gasteiger partial charge in [0.15, 0.2) is 25.2 Å². The lowest BCUT2D eigenvalue weighted by Crippen LogP contribution is -2.70. The van der Waals surface area contributed by atoms with Crippen molar-refractivity contribution in [1.82, 2.24) is 10.6 Å². The molecule has 4 rings (SSSR count). The fourth-order valence-corrected chi connectivity index (χ4v) is 6.35. The van der Waals surface area contributed by atoms with Crippen LogP contribution in [0.4, 0.5) is 0 Å². The summed E-state index contributed by atoms with van der Waals surface area (Å²) >= 11 is 0. The van der Waals surface area contributed by atoms with Crippen LogP contribution in [0.5, 0.6) is 0 Å². The zero-order valence-corrected chi connectivity index (χ0v) is 27.4. The van der Waals surface area contributed by atoms with Crippen molar-refractivity contribution in [3.63, 3.8) is 0 Å². The van der Waals surface area contributed by atoms with Crippen LogP contribution >= 0.6 is 0 Å². The van der Waals surface area contributed by atoms with E-state index in [4.69, 9.17) is 33.2 Å². The lowest BCUT2D eigenvalue weighted by molar-refractivity contribution is -0.376. The lowest BCUT2D eigenvalue weighted by Gasteiger charge is -2.50. The Morgan fingerprint density at radius 3 is 1.43 bits per heavy atom. The summed E-state index contributed by atoms with van der Waals surface area (Å²) in [7, 11) is 0. The average Bonchev–Trinajstić information content (AvgIpc) is 3.08. The Bertz CT molecular complexity index is 1140. The average molecular weight is 749 g/mol. The van der Waals surface area contributed by atoms with Gasteiger partial charge >= 0.3 is 0 Å². The van der Waals surface area contributed by atoms with Crippen LogP contribution in [0.1, 0.15) is 13.8 Å². The van der Waals surface area contributed by atoms with E-state index in [-0.39, 0.29) is 0 Å². The molecule has 51 heavy (non-hydrogen) atoms. The molecule has 0 bridgehead atoms. The van der Waals surface area contributed by atoms with Crippen LogP contribution in [0.2, 0.25) is 0 Å². The molecule has 0 aromatic heterocycles. The highest BCUT2D eigenvalue weighted by atomic mass is 16.8. The van der Waals surface area contributed by atoms with Crippen LogP contribution in [0.15, 0.2) is 0 Å². The van der Waals surface area contributed by atoms with Crippen LogP contribution < -0.4 is 10.6 Å². The summed E-state index contributed by atoms with van der Waals surface area (Å²) in [6.45, 7) is -1.33. The molecule has 0 aromatic carbocycles. The first-order chi connectivity index (χ1) is 24.1. The van der Waals surface area contributed by atoms with E-state index in [0.717, 1.165) is 13.8 Å². The van der Waals surface area contributed by atoms with Crippen LogP contribution in [0.3, 0.4) is 0 Å². The highest BCUT2D eigenvalue weighted by Gasteiger charge is 2.56. The van der Waals surface area contributed by atoms with Gasteiger partial charge in [0.1, 0.15) is 97.5 Å². The van der Waals surface area contributed by atoms with Crippen molar-refractivity contribution < 1.29 is 104 Å². The summed E-state index contributed by atoms with van der Waals surface area (Å²) in [6, 6.07) is -3.09. The topological polar surface area (TPSA) is 366 Å². The van der Waals surface area contributed by atoms with Gasteiger partial charge in [-0.15, -0.1) is 0 Å². The predicted octanol–water partition coefficient (Wildman–Crippen LogP) is -9.46. The van der Waals surface area contributed by atoms with Crippen molar-refractivity contribution in [2.45, 2.75) is 137 Å². The number of aliphatic hydroxyl groups excluding tert-OH is 12. The summed E-state index contributed by atoms with van der Waals surface area (Å²) in [5.41, 5.74) is 0. The molecule has 0 saturated carbocycles. The fraction of sp³-hybridized carbons (Fsp3) is 0.929. The minimum atomic E-state index is -2.05. The minimum Gasteiger partial charge on any atom is -0.394 e. The monoisotopic (exact) mass is 748 g/mol. The van der Waals surface area contributed by atoms with Crippen LogP contribution in [0, 0.1) is 0 Å². The first kappa shape index (κ1) is 41.9. The van der Waals surface area contributed by atoms with E-state index < -0.39 is 161 Å². The van der Waals surface area contributed by atoms with Crippen molar-refractivity contribution in [3.05, 3.63) is 0 Å². The Morgan fingerprint density at radius 2 is 0.902 bits per heavy atom. The second kappa shape index (κ2) is 18.0. The molecule has 0 aromatic rings. The van der Waals surface area contributed by atoms with E-state index in [0.29, 0.717) is 0 Å². The lowest BCUT2D eigenvalue weighted by atomic mass is 9.94. The van der Waals surface area contributed by atoms with Gasteiger partial charge in [-0.3, -0.25) is 9.59 Å². The molecule has 4 aliphatic rings. The number of amides is 2. The fourth-order valence-electron chi connectivity index (χ4n) is 6.35. The third-order valence-electron chi connectivity index (χ3n) is 9.01. The van der Waals surface area contributed by atoms with Crippen molar-refractivity contribution >= 4 is 11.8 Å². The first-order valence-electron chi connectivity index (χ1n) is 16.1. The number of hydrogen-bond acceptors (Lipinski definition) is 21. The van der Waals surface area contributed by atoms with E-state index in [2.05, 4.69) is 10.6 Å². The zero-order chi connectivity index (χ0) is 37.9. The van der Waals surface area contributed by atoms with Gasteiger partial charge in [-0.1, -0.05) is 0 Å². The maximum absolute atomic E-state index is 12.3. The molecule has 296 valence electrons. The minimum absolute atomic E-state index is 0.671. The normalized spacial score (nSPS) is 47.8. The molecule has 4 heterocycles. The van der Waals surface area contributed by atoms with E-state index >= 15 is 0 Å². The van der Waals surface area contributed by atoms with Crippen LogP contribution in [-0.2, 0) is 42.7 Å². The Kier molecular flexibility index (Phi) is 14.8. The SMILES string of the molecule is CC(=O)N[C@H]1[C@H](O[C@H]2[C@@H](O)[C@@H](CO)O[C@@H](O[C@@H]3[C@H](O)[C@@H](NC(C)=O)C(O)O[C@@H]3CO)[C@@H]2O)O[C@H](CO)[C@@H](O)[C@@H]1O[C@@H]1O[C@H](CO)[C@H](O)[C@H](O)[C@H]1O. The van der Waals surface area contributed by atoms with Gasteiger partial charge in [0.05, 0.1) is 26.4 Å². The molecule has 23 nitrogen and oxygen atoms in total. The molecule has 4 aliphatic heterocycles. The van der Waals surface area contributed by atoms with Crippen molar-refractivity contribution in [2.75, 3.05) is 26.4 Å². The van der Waals surface area contributed by atoms with Gasteiger partial charge in [-0.05, 0) is 0 Å². The Hall–Kier alpha value is -1.82. The molecule has 0 spiro atoms. The maximum atomic E-state index is 12.3. The summed E-state index contributed by atoms with van der Waals surface area (Å²) in [6.07, 6.45) is -31.8. The van der Waals surface area contributed by atoms with Gasteiger partial charge in [0, 0.05) is 13.8 Å². The molecule has 4 fully saturated rings. The van der Waals surface area contributed by atoms with E-state index in [1.54, 1.807) is 0 Å². The smallest absolute Gasteiger partial charge is 0.217 e. The molecular weight excluding hydrogens is 700 g/mol. The van der Waals surface area contributed by atoms with Crippen molar-refractivity contribution in [2.24, 2.45) is 0 Å². The van der Waals surface area contributed by atoms with Gasteiger partial charge in [-0.25, -0.2) is 0 Å². The number of ether oxygens (including phenoxy) is 7. The van der Waals surface area contributed by atoms with Crippen LogP contribution in [0.25, 0.3) is 0 Å². The number of hydrogen-bond donors (Lipinski definition) is 14. The number of carbonyl (C=O) groups is 2. The largest absolute Gasteiger partial charge is 0.394 e. The highest BCUT2D eigenvalue weighted by molar-refractivity contribution is 5.73. The summed E-state index contributed by atoms with van der Waals surface area (Å²) in [5, 5.41) is 130. The van der Waals surface area contributed by atoms with Gasteiger partial charge in [0.25, 0.3) is 0 Å². The molecule has 4 saturated heterocycles. The molecule has 1 unspecified atom stereocenters. The molecule has 20 atom stereocenters. The van der Waals surface area contributed by atoms with Crippen molar-refractivity contribution in [1.29, 1.82) is 0 Å². The van der Waals surface area contributed by atoms with Gasteiger partial charge < -0.3 is 105 Å². The summed E-state index contributed by atoms with van der Waals surface area (Å²) in [5.74, 6) is -1.44. The zero-order valence-electron chi connectivity index (χ0n) is 27.4. The second-order valence-corrected chi connectivity index (χ2v) is 12.6. The Balaban J connectivity index is 1.62. The summed E-state index contributed by atoms with van der Waals surface area (Å²) < 4.78 is 39.3. The quantitative estimate of drug-likeness (QED) is 0.0881. The van der Waals surface area contributed by atoms with E-state index in [1.807, 2.05) is 0 Å². The Labute approximate surface area is 289 Å². The van der Waals surface area contributed by atoms with Crippen LogP contribution in [-0.4, -0.2) is 222 Å². The first-order valence-corrected chi connectivity index (χ1v) is 16.1. The Morgan fingerprint density at radius 1 is 0.471 bits per heavy atom. The number of carbonyl (C=O) groups excluding carboxylic acids is 2. The van der Waals surface area contributed by atoms with Gasteiger partial charge in [-0.2, -0.15) is 0 Å². The van der Waals surface area contributed by atoms with Crippen molar-refractivity contribution in [3.8, 4) is 0 Å². The molecule has 2 amide bonds. The highest BCUT2D eigenvalue weighted by Crippen LogP contribution is 2.34. The molecule has 0 radical (unpaired) electrons. The molecule has 14 N–H and O–H groups in total. The maximum Gasteiger partial charge on any atom is 0.217 e. The molecule has 23 heteroatoms. The second-order valence-electron chi connectivity index (χ2n) is 12.6. The number of rotatable bonds is 12. The molecule has 0 aliphatic carbocycles. The third-order valence-corrected chi connectivity index (χ3v) is 9.01. The third kappa shape index (κ3) is 9.11. The standard InChI is InChI=1S/C28H48N2O21/c1-7(35)29-13-18(40)22(12(6-34)45-25(13)44)49-28-21(43)24(17(39)11(5-33)48-28)51-26-14(30-8(2)36)23(16(38)10(4-32)46-26)50-27-20(42)19(41)15(37)9(3-31)47-27/h9-28,31-34,37-44H,3-6H2,1-2H3,(H,29,35)(H,30,36)/t9-,10-,11-,12-,13-,14-,15+,16-,17+,18-,19+,20-,21-,22+,23-,24+,25?,26+,27+,28+/m1/s1.